The maximum Gasteiger partial charge on any atom is 0.421 e. The van der Waals surface area contributed by atoms with Gasteiger partial charge >= 0.3 is 6.18 Å². The number of pyridine rings is 1. The minimum absolute atomic E-state index is 0.0974. The standard InChI is InChI=1S/C20H16ClF3N2O3/c1-25(11-15-8-9-17(29-15)13-4-6-14(21)7-5-13)18(27)12-26-10-2-3-16(19(26)28)20(22,23)24/h2-10H,11-12H2,1H3. The first-order valence-electron chi connectivity index (χ1n) is 8.50. The quantitative estimate of drug-likeness (QED) is 0.608. The number of benzene rings is 1. The lowest BCUT2D eigenvalue weighted by molar-refractivity contribution is -0.139. The van der Waals surface area contributed by atoms with E-state index in [4.69, 9.17) is 16.0 Å². The van der Waals surface area contributed by atoms with E-state index in [-0.39, 0.29) is 6.54 Å². The highest BCUT2D eigenvalue weighted by Crippen LogP contribution is 2.26. The summed E-state index contributed by atoms with van der Waals surface area (Å²) in [4.78, 5) is 25.6. The molecule has 0 bridgehead atoms. The molecule has 0 fully saturated rings. The molecule has 9 heteroatoms. The molecule has 152 valence electrons. The zero-order valence-corrected chi connectivity index (χ0v) is 16.0. The van der Waals surface area contributed by atoms with E-state index in [1.807, 2.05) is 0 Å². The van der Waals surface area contributed by atoms with Gasteiger partial charge in [0.1, 0.15) is 23.6 Å². The van der Waals surface area contributed by atoms with Crippen LogP contribution < -0.4 is 5.56 Å². The van der Waals surface area contributed by atoms with Crippen molar-refractivity contribution in [3.05, 3.63) is 81.4 Å². The van der Waals surface area contributed by atoms with Gasteiger partial charge in [0.2, 0.25) is 5.91 Å². The van der Waals surface area contributed by atoms with Gasteiger partial charge in [-0.05, 0) is 48.5 Å². The number of carbonyl (C=O) groups is 1. The van der Waals surface area contributed by atoms with Gasteiger partial charge in [0.05, 0.1) is 6.54 Å². The highest BCUT2D eigenvalue weighted by Gasteiger charge is 2.34. The lowest BCUT2D eigenvalue weighted by Gasteiger charge is -2.17. The summed E-state index contributed by atoms with van der Waals surface area (Å²) in [6, 6.07) is 12.2. The van der Waals surface area contributed by atoms with E-state index in [0.717, 1.165) is 22.4 Å². The monoisotopic (exact) mass is 424 g/mol. The van der Waals surface area contributed by atoms with Gasteiger partial charge in [-0.15, -0.1) is 0 Å². The molecule has 0 spiro atoms. The number of hydrogen-bond donors (Lipinski definition) is 0. The van der Waals surface area contributed by atoms with Gasteiger partial charge in [-0.25, -0.2) is 0 Å². The number of furan rings is 1. The van der Waals surface area contributed by atoms with Crippen LogP contribution in [0.1, 0.15) is 11.3 Å². The summed E-state index contributed by atoms with van der Waals surface area (Å²) in [6.07, 6.45) is -3.63. The van der Waals surface area contributed by atoms with Crippen LogP contribution in [0.2, 0.25) is 5.02 Å². The molecule has 0 N–H and O–H groups in total. The zero-order valence-electron chi connectivity index (χ0n) is 15.2. The fourth-order valence-electron chi connectivity index (χ4n) is 2.70. The molecular formula is C20H16ClF3N2O3. The molecule has 1 aromatic carbocycles. The number of halogens is 4. The zero-order chi connectivity index (χ0) is 21.2. The third-order valence-corrected chi connectivity index (χ3v) is 4.49. The van der Waals surface area contributed by atoms with Crippen LogP contribution in [0.15, 0.2) is 63.9 Å². The first-order valence-corrected chi connectivity index (χ1v) is 8.88. The summed E-state index contributed by atoms with van der Waals surface area (Å²) < 4.78 is 45.0. The van der Waals surface area contributed by atoms with E-state index < -0.39 is 29.8 Å². The molecule has 3 rings (SSSR count). The first-order chi connectivity index (χ1) is 13.6. The molecule has 0 aliphatic heterocycles. The van der Waals surface area contributed by atoms with E-state index in [2.05, 4.69) is 0 Å². The van der Waals surface area contributed by atoms with Gasteiger partial charge in [-0.1, -0.05) is 11.6 Å². The summed E-state index contributed by atoms with van der Waals surface area (Å²) in [7, 11) is 1.48. The number of alkyl halides is 3. The SMILES string of the molecule is CN(Cc1ccc(-c2ccc(Cl)cc2)o1)C(=O)Cn1cccc(C(F)(F)F)c1=O. The summed E-state index contributed by atoms with van der Waals surface area (Å²) in [6.45, 7) is -0.413. The number of carbonyl (C=O) groups excluding carboxylic acids is 1. The molecule has 0 unspecified atom stereocenters. The van der Waals surface area contributed by atoms with Crippen molar-refractivity contribution in [2.45, 2.75) is 19.3 Å². The minimum atomic E-state index is -4.78. The molecule has 2 aromatic heterocycles. The lowest BCUT2D eigenvalue weighted by atomic mass is 10.2. The summed E-state index contributed by atoms with van der Waals surface area (Å²) in [5.41, 5.74) is -1.76. The number of likely N-dealkylation sites (N-methyl/N-ethyl adjacent to an activating group) is 1. The fraction of sp³-hybridized carbons (Fsp3) is 0.200. The van der Waals surface area contributed by atoms with Crippen LogP contribution in [0.5, 0.6) is 0 Å². The van der Waals surface area contributed by atoms with Crippen LogP contribution in [0.4, 0.5) is 13.2 Å². The Bertz CT molecular complexity index is 1070. The summed E-state index contributed by atoms with van der Waals surface area (Å²) in [5.74, 6) is 0.546. The molecule has 0 atom stereocenters. The molecule has 0 saturated heterocycles. The largest absolute Gasteiger partial charge is 0.459 e. The van der Waals surface area contributed by atoms with Gasteiger partial charge < -0.3 is 13.9 Å². The number of aromatic nitrogens is 1. The molecular weight excluding hydrogens is 409 g/mol. The van der Waals surface area contributed by atoms with E-state index in [9.17, 15) is 22.8 Å². The van der Waals surface area contributed by atoms with Crippen molar-refractivity contribution in [3.8, 4) is 11.3 Å². The van der Waals surface area contributed by atoms with Crippen molar-refractivity contribution in [2.75, 3.05) is 7.05 Å². The van der Waals surface area contributed by atoms with Crippen molar-refractivity contribution < 1.29 is 22.4 Å². The number of amides is 1. The Hall–Kier alpha value is -3.00. The summed E-state index contributed by atoms with van der Waals surface area (Å²) in [5, 5.41) is 0.593. The maximum absolute atomic E-state index is 12.8. The number of hydrogen-bond acceptors (Lipinski definition) is 3. The Morgan fingerprint density at radius 3 is 2.48 bits per heavy atom. The third kappa shape index (κ3) is 4.89. The molecule has 0 saturated carbocycles. The average Bonchev–Trinajstić information content (AvgIpc) is 3.11. The van der Waals surface area contributed by atoms with Crippen LogP contribution in [0.25, 0.3) is 11.3 Å². The lowest BCUT2D eigenvalue weighted by Crippen LogP contribution is -2.35. The van der Waals surface area contributed by atoms with Gasteiger partial charge in [0.15, 0.2) is 0 Å². The van der Waals surface area contributed by atoms with E-state index >= 15 is 0 Å². The Kier molecular flexibility index (Phi) is 5.83. The maximum atomic E-state index is 12.8. The summed E-state index contributed by atoms with van der Waals surface area (Å²) >= 11 is 5.86. The van der Waals surface area contributed by atoms with Crippen LogP contribution in [-0.4, -0.2) is 22.4 Å². The smallest absolute Gasteiger partial charge is 0.421 e. The van der Waals surface area contributed by atoms with Crippen LogP contribution >= 0.6 is 11.6 Å². The second kappa shape index (κ2) is 8.16. The Labute approximate surface area is 168 Å². The van der Waals surface area contributed by atoms with Crippen molar-refractivity contribution in [1.29, 1.82) is 0 Å². The molecule has 29 heavy (non-hydrogen) atoms. The van der Waals surface area contributed by atoms with Gasteiger partial charge in [0.25, 0.3) is 5.56 Å². The predicted octanol–water partition coefficient (Wildman–Crippen LogP) is 4.44. The molecule has 5 nitrogen and oxygen atoms in total. The molecule has 0 radical (unpaired) electrons. The van der Waals surface area contributed by atoms with E-state index in [0.29, 0.717) is 22.6 Å². The molecule has 3 aromatic rings. The minimum Gasteiger partial charge on any atom is -0.459 e. The molecule has 0 aliphatic carbocycles. The Morgan fingerprint density at radius 1 is 1.14 bits per heavy atom. The molecule has 1 amide bonds. The number of rotatable bonds is 5. The van der Waals surface area contributed by atoms with Crippen molar-refractivity contribution in [3.63, 3.8) is 0 Å². The average molecular weight is 425 g/mol. The fourth-order valence-corrected chi connectivity index (χ4v) is 2.82. The predicted molar refractivity (Wildman–Crippen MR) is 101 cm³/mol. The normalized spacial score (nSPS) is 11.5. The Balaban J connectivity index is 1.69. The highest BCUT2D eigenvalue weighted by molar-refractivity contribution is 6.30. The highest BCUT2D eigenvalue weighted by atomic mass is 35.5. The Morgan fingerprint density at radius 2 is 1.83 bits per heavy atom. The second-order valence-electron chi connectivity index (χ2n) is 6.38. The third-order valence-electron chi connectivity index (χ3n) is 4.24. The molecule has 2 heterocycles. The van der Waals surface area contributed by atoms with E-state index in [1.165, 1.54) is 11.9 Å². The topological polar surface area (TPSA) is 55.5 Å². The van der Waals surface area contributed by atoms with Crippen LogP contribution in [0, 0.1) is 0 Å². The van der Waals surface area contributed by atoms with Crippen molar-refractivity contribution in [2.24, 2.45) is 0 Å². The molecule has 0 aliphatic rings. The van der Waals surface area contributed by atoms with Gasteiger partial charge in [-0.2, -0.15) is 13.2 Å². The van der Waals surface area contributed by atoms with Gasteiger partial charge in [-0.3, -0.25) is 9.59 Å². The van der Waals surface area contributed by atoms with E-state index in [1.54, 1.807) is 36.4 Å². The van der Waals surface area contributed by atoms with Crippen LogP contribution in [0.3, 0.4) is 0 Å². The second-order valence-corrected chi connectivity index (χ2v) is 6.81. The van der Waals surface area contributed by atoms with Crippen LogP contribution in [-0.2, 0) is 24.1 Å². The van der Waals surface area contributed by atoms with Crippen molar-refractivity contribution >= 4 is 17.5 Å². The number of nitrogens with zero attached hydrogens (tertiary/aromatic N) is 2. The van der Waals surface area contributed by atoms with Gasteiger partial charge in [0, 0.05) is 23.8 Å². The first kappa shape index (κ1) is 20.7. The van der Waals surface area contributed by atoms with Crippen molar-refractivity contribution in [1.82, 2.24) is 9.47 Å².